The lowest BCUT2D eigenvalue weighted by Crippen LogP contribution is -2.06. The first-order chi connectivity index (χ1) is 13.2. The van der Waals surface area contributed by atoms with Crippen LogP contribution in [0.1, 0.15) is 26.6 Å². The Kier molecular flexibility index (Phi) is 10.4. The quantitative estimate of drug-likeness (QED) is 0.528. The lowest BCUT2D eigenvalue weighted by molar-refractivity contribution is 0.663. The lowest BCUT2D eigenvalue weighted by Gasteiger charge is -2.06. The molecule has 0 fully saturated rings. The Labute approximate surface area is 164 Å². The van der Waals surface area contributed by atoms with Crippen LogP contribution in [0.4, 0.5) is 4.39 Å². The molecule has 144 valence electrons. The maximum absolute atomic E-state index is 11.0. The zero-order valence-corrected chi connectivity index (χ0v) is 16.6. The molecule has 0 aliphatic rings. The molecule has 3 rings (SSSR count). The summed E-state index contributed by atoms with van der Waals surface area (Å²) in [6.45, 7) is 11.0. The minimum Gasteiger partial charge on any atom is -0.330 e. The van der Waals surface area contributed by atoms with Gasteiger partial charge in [-0.1, -0.05) is 38.1 Å². The Morgan fingerprint density at radius 2 is 2.11 bits per heavy atom. The van der Waals surface area contributed by atoms with E-state index in [4.69, 9.17) is 11.6 Å². The molecule has 0 N–H and O–H groups in total. The van der Waals surface area contributed by atoms with Crippen LogP contribution < -0.4 is 0 Å². The fourth-order valence-corrected chi connectivity index (χ4v) is 2.47. The number of benzene rings is 1. The highest BCUT2D eigenvalue weighted by atomic mass is 35.5. The van der Waals surface area contributed by atoms with Crippen molar-refractivity contribution in [2.75, 3.05) is 0 Å². The van der Waals surface area contributed by atoms with E-state index in [0.29, 0.717) is 6.33 Å². The SMILES string of the molecule is C=CC=N/C=C/F.CC.CCn1c(Cn2ccnc2)nc2ccc(Cl)cc21. The van der Waals surface area contributed by atoms with E-state index in [1.54, 1.807) is 12.5 Å². The van der Waals surface area contributed by atoms with Crippen molar-refractivity contribution in [2.24, 2.45) is 4.99 Å². The van der Waals surface area contributed by atoms with Crippen molar-refractivity contribution in [2.45, 2.75) is 33.9 Å². The number of aryl methyl sites for hydroxylation is 1. The zero-order chi connectivity index (χ0) is 20.1. The second kappa shape index (κ2) is 12.6. The summed E-state index contributed by atoms with van der Waals surface area (Å²) in [5.41, 5.74) is 2.07. The fourth-order valence-electron chi connectivity index (χ4n) is 2.31. The number of fused-ring (bicyclic) bond motifs is 1. The van der Waals surface area contributed by atoms with Gasteiger partial charge in [-0.25, -0.2) is 14.4 Å². The average Bonchev–Trinajstić information content (AvgIpc) is 3.31. The summed E-state index contributed by atoms with van der Waals surface area (Å²) >= 11 is 6.04. The number of hydrogen-bond acceptors (Lipinski definition) is 3. The molecule has 0 aliphatic carbocycles. The summed E-state index contributed by atoms with van der Waals surface area (Å²) in [6.07, 6.45) is 9.78. The molecular formula is C20H25ClFN5. The Morgan fingerprint density at radius 1 is 1.33 bits per heavy atom. The first-order valence-corrected chi connectivity index (χ1v) is 9.07. The van der Waals surface area contributed by atoms with Gasteiger partial charge in [0.1, 0.15) is 12.2 Å². The van der Waals surface area contributed by atoms with Gasteiger partial charge in [-0.15, -0.1) is 0 Å². The minimum absolute atomic E-state index is 0.361. The molecule has 0 spiro atoms. The number of aromatic nitrogens is 4. The van der Waals surface area contributed by atoms with E-state index in [9.17, 15) is 4.39 Å². The van der Waals surface area contributed by atoms with Crippen LogP contribution in [0.15, 0.2) is 67.1 Å². The van der Waals surface area contributed by atoms with Crippen LogP contribution in [0.5, 0.6) is 0 Å². The topological polar surface area (TPSA) is 48.0 Å². The maximum atomic E-state index is 11.0. The van der Waals surface area contributed by atoms with Gasteiger partial charge in [0.05, 0.1) is 30.1 Å². The molecule has 2 aromatic heterocycles. The molecule has 0 amide bonds. The molecule has 3 aromatic rings. The van der Waals surface area contributed by atoms with Gasteiger partial charge in [0.2, 0.25) is 0 Å². The van der Waals surface area contributed by atoms with Crippen LogP contribution in [-0.4, -0.2) is 25.3 Å². The summed E-state index contributed by atoms with van der Waals surface area (Å²) in [4.78, 5) is 12.1. The highest BCUT2D eigenvalue weighted by Gasteiger charge is 2.10. The highest BCUT2D eigenvalue weighted by Crippen LogP contribution is 2.21. The van der Waals surface area contributed by atoms with Gasteiger partial charge >= 0.3 is 0 Å². The van der Waals surface area contributed by atoms with Gasteiger partial charge in [-0.3, -0.25) is 4.99 Å². The Bertz CT molecular complexity index is 866. The van der Waals surface area contributed by atoms with Crippen LogP contribution in [-0.2, 0) is 13.1 Å². The van der Waals surface area contributed by atoms with Crippen LogP contribution in [0.25, 0.3) is 11.0 Å². The summed E-state index contributed by atoms with van der Waals surface area (Å²) in [5.74, 6) is 1.02. The molecule has 0 radical (unpaired) electrons. The highest BCUT2D eigenvalue weighted by molar-refractivity contribution is 6.31. The van der Waals surface area contributed by atoms with Gasteiger partial charge in [0, 0.05) is 30.2 Å². The third-order valence-corrected chi connectivity index (χ3v) is 3.56. The molecule has 0 aliphatic heterocycles. The van der Waals surface area contributed by atoms with Gasteiger partial charge < -0.3 is 9.13 Å². The standard InChI is InChI=1S/C13H13ClN4.C5H6FN.C2H6/c1-2-18-12-7-10(14)3-4-11(12)16-13(18)8-17-6-5-15-9-17;1-2-4-7-5-3-6;1-2/h3-7,9H,2,8H2,1H3;2-5H,1H2;1-2H3/b;5-3+,7-4?;. The number of aliphatic imine (C=N–C) groups is 1. The van der Waals surface area contributed by atoms with E-state index >= 15 is 0 Å². The molecule has 0 saturated carbocycles. The fraction of sp³-hybridized carbons (Fsp3) is 0.250. The van der Waals surface area contributed by atoms with Gasteiger partial charge in [-0.05, 0) is 25.1 Å². The van der Waals surface area contributed by atoms with Crippen molar-refractivity contribution >= 4 is 28.8 Å². The smallest absolute Gasteiger partial charge is 0.129 e. The molecule has 0 unspecified atom stereocenters. The van der Waals surface area contributed by atoms with Crippen LogP contribution in [0.2, 0.25) is 5.02 Å². The van der Waals surface area contributed by atoms with E-state index in [-0.39, 0.29) is 0 Å². The van der Waals surface area contributed by atoms with Gasteiger partial charge in [0.25, 0.3) is 0 Å². The number of imidazole rings is 2. The third-order valence-electron chi connectivity index (χ3n) is 3.32. The first kappa shape index (κ1) is 22.3. The van der Waals surface area contributed by atoms with E-state index in [2.05, 4.69) is 33.0 Å². The van der Waals surface area contributed by atoms with E-state index in [1.807, 2.05) is 42.8 Å². The number of nitrogens with zero attached hydrogens (tertiary/aromatic N) is 5. The number of hydrogen-bond donors (Lipinski definition) is 0. The van der Waals surface area contributed by atoms with Crippen molar-refractivity contribution in [1.82, 2.24) is 19.1 Å². The molecule has 27 heavy (non-hydrogen) atoms. The minimum atomic E-state index is 0.361. The van der Waals surface area contributed by atoms with Crippen molar-refractivity contribution < 1.29 is 4.39 Å². The van der Waals surface area contributed by atoms with E-state index < -0.39 is 0 Å². The largest absolute Gasteiger partial charge is 0.330 e. The monoisotopic (exact) mass is 389 g/mol. The number of rotatable bonds is 5. The van der Waals surface area contributed by atoms with Crippen molar-refractivity contribution in [3.8, 4) is 0 Å². The number of allylic oxidation sites excluding steroid dienone is 1. The third kappa shape index (κ3) is 6.83. The molecule has 5 nitrogen and oxygen atoms in total. The summed E-state index contributed by atoms with van der Waals surface area (Å²) in [5, 5.41) is 0.742. The average molecular weight is 390 g/mol. The number of halogens is 2. The molecule has 7 heteroatoms. The molecule has 0 saturated heterocycles. The van der Waals surface area contributed by atoms with E-state index in [1.165, 1.54) is 12.3 Å². The van der Waals surface area contributed by atoms with Crippen molar-refractivity contribution in [3.05, 3.63) is 73.0 Å². The zero-order valence-electron chi connectivity index (χ0n) is 15.9. The van der Waals surface area contributed by atoms with Crippen molar-refractivity contribution in [3.63, 3.8) is 0 Å². The lowest BCUT2D eigenvalue weighted by atomic mass is 10.3. The van der Waals surface area contributed by atoms with Crippen LogP contribution in [0.3, 0.4) is 0 Å². The maximum Gasteiger partial charge on any atom is 0.129 e. The Hall–Kier alpha value is -2.73. The van der Waals surface area contributed by atoms with E-state index in [0.717, 1.165) is 41.2 Å². The first-order valence-electron chi connectivity index (χ1n) is 8.69. The van der Waals surface area contributed by atoms with Crippen molar-refractivity contribution in [1.29, 1.82) is 0 Å². The summed E-state index contributed by atoms with van der Waals surface area (Å²) in [6, 6.07) is 5.80. The predicted octanol–water partition coefficient (Wildman–Crippen LogP) is 5.66. The molecule has 0 bridgehead atoms. The normalized spacial score (nSPS) is 10.6. The second-order valence-electron chi connectivity index (χ2n) is 4.95. The Balaban J connectivity index is 0.000000346. The Morgan fingerprint density at radius 3 is 2.70 bits per heavy atom. The molecule has 1 aromatic carbocycles. The van der Waals surface area contributed by atoms with Gasteiger partial charge in [-0.2, -0.15) is 0 Å². The molecular weight excluding hydrogens is 365 g/mol. The summed E-state index contributed by atoms with van der Waals surface area (Å²) in [7, 11) is 0. The molecule has 2 heterocycles. The van der Waals surface area contributed by atoms with Crippen LogP contribution in [0, 0.1) is 0 Å². The predicted molar refractivity (Wildman–Crippen MR) is 112 cm³/mol. The molecule has 0 atom stereocenters. The van der Waals surface area contributed by atoms with Crippen LogP contribution >= 0.6 is 11.6 Å². The second-order valence-corrected chi connectivity index (χ2v) is 5.39. The van der Waals surface area contributed by atoms with Gasteiger partial charge in [0.15, 0.2) is 0 Å². The summed E-state index contributed by atoms with van der Waals surface area (Å²) < 4.78 is 15.2.